The van der Waals surface area contributed by atoms with Crippen molar-refractivity contribution in [3.05, 3.63) is 40.8 Å². The molecule has 94 valence electrons. The van der Waals surface area contributed by atoms with E-state index in [1.54, 1.807) is 4.57 Å². The average molecular weight is 243 g/mol. The lowest BCUT2D eigenvalue weighted by atomic mass is 10.3. The number of aromatic nitrogens is 2. The number of rotatable bonds is 5. The van der Waals surface area contributed by atoms with Gasteiger partial charge >= 0.3 is 0 Å². The first-order valence-electron chi connectivity index (χ1n) is 6.50. The molecule has 0 saturated heterocycles. The summed E-state index contributed by atoms with van der Waals surface area (Å²) in [6.07, 6.45) is 4.11. The fraction of sp³-hybridized carbons (Fsp3) is 0.429. The van der Waals surface area contributed by atoms with Crippen LogP contribution in [0, 0.1) is 5.92 Å². The molecule has 0 aliphatic heterocycles. The second kappa shape index (κ2) is 4.90. The molecule has 3 rings (SSSR count). The first-order valence-corrected chi connectivity index (χ1v) is 6.50. The van der Waals surface area contributed by atoms with Gasteiger partial charge in [-0.1, -0.05) is 12.1 Å². The van der Waals surface area contributed by atoms with Crippen LogP contribution in [0.5, 0.6) is 0 Å². The maximum absolute atomic E-state index is 11.8. The summed E-state index contributed by atoms with van der Waals surface area (Å²) in [7, 11) is 0. The fourth-order valence-electron chi connectivity index (χ4n) is 2.16. The molecule has 4 nitrogen and oxygen atoms in total. The molecule has 1 aliphatic rings. The summed E-state index contributed by atoms with van der Waals surface area (Å²) in [6, 6.07) is 7.76. The summed E-state index contributed by atoms with van der Waals surface area (Å²) in [5.74, 6) is 0.871. The van der Waals surface area contributed by atoms with Crippen LogP contribution in [-0.2, 0) is 6.54 Å². The number of para-hydroxylation sites is 2. The van der Waals surface area contributed by atoms with Crippen molar-refractivity contribution >= 4 is 11.0 Å². The summed E-state index contributed by atoms with van der Waals surface area (Å²) in [5.41, 5.74) is 1.76. The van der Waals surface area contributed by atoms with Crippen LogP contribution >= 0.6 is 0 Å². The molecule has 1 aromatic heterocycles. The lowest BCUT2D eigenvalue weighted by molar-refractivity contribution is 0.575. The van der Waals surface area contributed by atoms with Crippen LogP contribution in [0.2, 0.25) is 0 Å². The maximum atomic E-state index is 11.8. The predicted molar refractivity (Wildman–Crippen MR) is 71.6 cm³/mol. The molecule has 0 unspecified atom stereocenters. The second-order valence-corrected chi connectivity index (χ2v) is 4.88. The topological polar surface area (TPSA) is 46.9 Å². The Bertz CT molecular complexity index is 601. The Morgan fingerprint density at radius 1 is 1.33 bits per heavy atom. The highest BCUT2D eigenvalue weighted by Gasteiger charge is 2.19. The van der Waals surface area contributed by atoms with Gasteiger partial charge in [0.2, 0.25) is 0 Å². The Labute approximate surface area is 106 Å². The lowest BCUT2D eigenvalue weighted by Crippen LogP contribution is -2.28. The Balaban J connectivity index is 1.76. The third-order valence-electron chi connectivity index (χ3n) is 3.39. The summed E-state index contributed by atoms with van der Waals surface area (Å²) in [5, 5.41) is 3.41. The van der Waals surface area contributed by atoms with E-state index in [2.05, 4.69) is 10.3 Å². The van der Waals surface area contributed by atoms with Gasteiger partial charge < -0.3 is 9.88 Å². The van der Waals surface area contributed by atoms with E-state index in [4.69, 9.17) is 0 Å². The highest BCUT2D eigenvalue weighted by atomic mass is 16.1. The minimum atomic E-state index is -0.0260. The Hall–Kier alpha value is -1.68. The summed E-state index contributed by atoms with van der Waals surface area (Å²) < 4.78 is 1.79. The first-order chi connectivity index (χ1) is 8.84. The quantitative estimate of drug-likeness (QED) is 0.807. The van der Waals surface area contributed by atoms with Crippen molar-refractivity contribution in [2.45, 2.75) is 19.4 Å². The molecule has 0 atom stereocenters. The van der Waals surface area contributed by atoms with Crippen LogP contribution in [-0.4, -0.2) is 22.6 Å². The molecular formula is C14H17N3O. The van der Waals surface area contributed by atoms with E-state index in [0.29, 0.717) is 6.54 Å². The van der Waals surface area contributed by atoms with Crippen LogP contribution in [0.25, 0.3) is 11.0 Å². The van der Waals surface area contributed by atoms with Gasteiger partial charge in [-0.2, -0.15) is 0 Å². The zero-order valence-electron chi connectivity index (χ0n) is 10.3. The molecule has 0 amide bonds. The molecule has 0 spiro atoms. The van der Waals surface area contributed by atoms with Gasteiger partial charge in [-0.3, -0.25) is 4.79 Å². The van der Waals surface area contributed by atoms with Gasteiger partial charge in [0.1, 0.15) is 0 Å². The number of fused-ring (bicyclic) bond motifs is 1. The third-order valence-corrected chi connectivity index (χ3v) is 3.39. The smallest absolute Gasteiger partial charge is 0.269 e. The van der Waals surface area contributed by atoms with Crippen LogP contribution in [0.15, 0.2) is 35.3 Å². The largest absolute Gasteiger partial charge is 0.315 e. The minimum absolute atomic E-state index is 0.0260. The van der Waals surface area contributed by atoms with Crippen LogP contribution in [0.4, 0.5) is 0 Å². The highest BCUT2D eigenvalue weighted by Crippen LogP contribution is 2.27. The van der Waals surface area contributed by atoms with Crippen molar-refractivity contribution in [1.29, 1.82) is 0 Å². The van der Waals surface area contributed by atoms with Crippen molar-refractivity contribution in [2.24, 2.45) is 5.92 Å². The number of hydrogen-bond donors (Lipinski definition) is 1. The van der Waals surface area contributed by atoms with Gasteiger partial charge in [-0.05, 0) is 37.4 Å². The van der Waals surface area contributed by atoms with E-state index in [9.17, 15) is 4.79 Å². The van der Waals surface area contributed by atoms with Crippen molar-refractivity contribution in [3.63, 3.8) is 0 Å². The second-order valence-electron chi connectivity index (χ2n) is 4.88. The fourth-order valence-corrected chi connectivity index (χ4v) is 2.16. The van der Waals surface area contributed by atoms with Crippen molar-refractivity contribution in [2.75, 3.05) is 13.1 Å². The molecule has 0 bridgehead atoms. The molecule has 1 saturated carbocycles. The zero-order chi connectivity index (χ0) is 12.4. The molecule has 18 heavy (non-hydrogen) atoms. The first kappa shape index (κ1) is 11.4. The third kappa shape index (κ3) is 2.43. The normalized spacial score (nSPS) is 15.1. The Morgan fingerprint density at radius 2 is 2.17 bits per heavy atom. The molecule has 1 fully saturated rings. The molecule has 1 aliphatic carbocycles. The van der Waals surface area contributed by atoms with E-state index in [1.807, 2.05) is 24.3 Å². The molecular weight excluding hydrogens is 226 g/mol. The number of nitrogens with zero attached hydrogens (tertiary/aromatic N) is 2. The SMILES string of the molecule is O=c1cnc2ccccc2n1CCNCC1CC1. The Kier molecular flexibility index (Phi) is 3.11. The van der Waals surface area contributed by atoms with Gasteiger partial charge in [-0.15, -0.1) is 0 Å². The molecule has 1 aromatic carbocycles. The van der Waals surface area contributed by atoms with Crippen molar-refractivity contribution < 1.29 is 0 Å². The van der Waals surface area contributed by atoms with Gasteiger partial charge in [0, 0.05) is 13.1 Å². The van der Waals surface area contributed by atoms with E-state index < -0.39 is 0 Å². The van der Waals surface area contributed by atoms with Crippen molar-refractivity contribution in [3.8, 4) is 0 Å². The molecule has 2 aromatic rings. The summed E-state index contributed by atoms with van der Waals surface area (Å²) in [4.78, 5) is 16.0. The summed E-state index contributed by atoms with van der Waals surface area (Å²) >= 11 is 0. The predicted octanol–water partition coefficient (Wildman–Crippen LogP) is 1.40. The standard InChI is InChI=1S/C14H17N3O/c18-14-10-16-12-3-1-2-4-13(12)17(14)8-7-15-9-11-5-6-11/h1-4,10-11,15H,5-9H2. The number of hydrogen-bond acceptors (Lipinski definition) is 3. The van der Waals surface area contributed by atoms with Gasteiger partial charge in [0.15, 0.2) is 0 Å². The Morgan fingerprint density at radius 3 is 3.00 bits per heavy atom. The van der Waals surface area contributed by atoms with Gasteiger partial charge in [-0.25, -0.2) is 4.98 Å². The summed E-state index contributed by atoms with van der Waals surface area (Å²) in [6.45, 7) is 2.62. The van der Waals surface area contributed by atoms with Gasteiger partial charge in [0.05, 0.1) is 17.2 Å². The van der Waals surface area contributed by atoms with E-state index in [1.165, 1.54) is 19.0 Å². The number of nitrogens with one attached hydrogen (secondary N) is 1. The molecule has 1 heterocycles. The van der Waals surface area contributed by atoms with E-state index in [0.717, 1.165) is 30.0 Å². The van der Waals surface area contributed by atoms with Crippen molar-refractivity contribution in [1.82, 2.24) is 14.9 Å². The number of benzene rings is 1. The lowest BCUT2D eigenvalue weighted by Gasteiger charge is -2.09. The maximum Gasteiger partial charge on any atom is 0.269 e. The van der Waals surface area contributed by atoms with Gasteiger partial charge in [0.25, 0.3) is 5.56 Å². The van der Waals surface area contributed by atoms with E-state index >= 15 is 0 Å². The van der Waals surface area contributed by atoms with Crippen LogP contribution in [0.3, 0.4) is 0 Å². The highest BCUT2D eigenvalue weighted by molar-refractivity contribution is 5.74. The van der Waals surface area contributed by atoms with Crippen LogP contribution in [0.1, 0.15) is 12.8 Å². The molecule has 0 radical (unpaired) electrons. The monoisotopic (exact) mass is 243 g/mol. The van der Waals surface area contributed by atoms with Crippen LogP contribution < -0.4 is 10.9 Å². The van der Waals surface area contributed by atoms with E-state index in [-0.39, 0.29) is 5.56 Å². The molecule has 1 N–H and O–H groups in total. The minimum Gasteiger partial charge on any atom is -0.315 e. The average Bonchev–Trinajstić information content (AvgIpc) is 3.21. The zero-order valence-corrected chi connectivity index (χ0v) is 10.3. The molecule has 4 heteroatoms.